The predicted molar refractivity (Wildman–Crippen MR) is 75.0 cm³/mol. The zero-order valence-corrected chi connectivity index (χ0v) is 12.0. The van der Waals surface area contributed by atoms with E-state index in [1.165, 1.54) is 5.56 Å². The van der Waals surface area contributed by atoms with Crippen molar-refractivity contribution in [2.75, 3.05) is 13.7 Å². The molecule has 1 aromatic rings. The van der Waals surface area contributed by atoms with E-state index in [0.717, 1.165) is 11.5 Å². The molecule has 1 aromatic carbocycles. The van der Waals surface area contributed by atoms with Crippen molar-refractivity contribution in [3.63, 3.8) is 0 Å². The van der Waals surface area contributed by atoms with Gasteiger partial charge in [-0.15, -0.1) is 0 Å². The molecule has 0 fully saturated rings. The van der Waals surface area contributed by atoms with Crippen LogP contribution in [0.2, 0.25) is 0 Å². The van der Waals surface area contributed by atoms with E-state index in [2.05, 4.69) is 0 Å². The van der Waals surface area contributed by atoms with Gasteiger partial charge in [-0.05, 0) is 24.6 Å². The molecule has 0 spiro atoms. The Morgan fingerprint density at radius 3 is 2.56 bits per heavy atom. The van der Waals surface area contributed by atoms with Gasteiger partial charge in [0.15, 0.2) is 0 Å². The lowest BCUT2D eigenvalue weighted by atomic mass is 10.2. The highest BCUT2D eigenvalue weighted by Crippen LogP contribution is 2.21. The molecule has 0 amide bonds. The molecular formula is C14H20O3S. The second kappa shape index (κ2) is 8.03. The van der Waals surface area contributed by atoms with Crippen LogP contribution < -0.4 is 4.74 Å². The van der Waals surface area contributed by atoms with Crippen molar-refractivity contribution < 1.29 is 14.3 Å². The second-order valence-electron chi connectivity index (χ2n) is 3.98. The number of benzene rings is 1. The highest BCUT2D eigenvalue weighted by molar-refractivity contribution is 7.99. The summed E-state index contributed by atoms with van der Waals surface area (Å²) in [5.74, 6) is 1.64. The van der Waals surface area contributed by atoms with Crippen LogP contribution in [-0.4, -0.2) is 24.9 Å². The highest BCUT2D eigenvalue weighted by Gasteiger charge is 2.10. The summed E-state index contributed by atoms with van der Waals surface area (Å²) in [4.78, 5) is 11.3. The van der Waals surface area contributed by atoms with Gasteiger partial charge < -0.3 is 9.47 Å². The summed E-state index contributed by atoms with van der Waals surface area (Å²) < 4.78 is 10.0. The lowest BCUT2D eigenvalue weighted by Gasteiger charge is -2.10. The topological polar surface area (TPSA) is 35.5 Å². The first-order chi connectivity index (χ1) is 8.65. The summed E-state index contributed by atoms with van der Waals surface area (Å²) in [5, 5.41) is 0.270. The maximum atomic E-state index is 11.3. The van der Waals surface area contributed by atoms with Crippen molar-refractivity contribution in [2.24, 2.45) is 0 Å². The first-order valence-electron chi connectivity index (χ1n) is 6.05. The van der Waals surface area contributed by atoms with Crippen LogP contribution in [-0.2, 0) is 15.3 Å². The summed E-state index contributed by atoms with van der Waals surface area (Å²) in [5.41, 5.74) is 1.23. The average molecular weight is 268 g/mol. The number of esters is 1. The molecule has 1 unspecified atom stereocenters. The molecule has 1 atom stereocenters. The molecule has 0 saturated carbocycles. The van der Waals surface area contributed by atoms with Gasteiger partial charge in [-0.3, -0.25) is 4.79 Å². The van der Waals surface area contributed by atoms with Crippen molar-refractivity contribution >= 4 is 17.7 Å². The first-order valence-corrected chi connectivity index (χ1v) is 7.10. The molecule has 0 bridgehead atoms. The fourth-order valence-corrected chi connectivity index (χ4v) is 2.40. The van der Waals surface area contributed by atoms with Gasteiger partial charge in [0.25, 0.3) is 0 Å². The van der Waals surface area contributed by atoms with Crippen molar-refractivity contribution in [3.05, 3.63) is 29.8 Å². The fourth-order valence-electron chi connectivity index (χ4n) is 1.47. The van der Waals surface area contributed by atoms with Gasteiger partial charge in [-0.2, -0.15) is 11.8 Å². The molecule has 0 aliphatic heterocycles. The Hall–Kier alpha value is -1.16. The Kier molecular flexibility index (Phi) is 6.65. The number of hydrogen-bond acceptors (Lipinski definition) is 4. The predicted octanol–water partition coefficient (Wildman–Crippen LogP) is 3.27. The molecule has 0 N–H and O–H groups in total. The lowest BCUT2D eigenvalue weighted by Crippen LogP contribution is -2.10. The number of ether oxygens (including phenoxy) is 2. The monoisotopic (exact) mass is 268 g/mol. The van der Waals surface area contributed by atoms with Crippen LogP contribution in [0.1, 0.15) is 25.8 Å². The quantitative estimate of drug-likeness (QED) is 0.711. The van der Waals surface area contributed by atoms with Gasteiger partial charge in [0.05, 0.1) is 20.1 Å². The number of methoxy groups -OCH3 is 1. The van der Waals surface area contributed by atoms with Crippen LogP contribution in [0.25, 0.3) is 0 Å². The van der Waals surface area contributed by atoms with Gasteiger partial charge in [-0.1, -0.05) is 19.1 Å². The molecule has 0 saturated heterocycles. The summed E-state index contributed by atoms with van der Waals surface area (Å²) in [7, 11) is 1.66. The van der Waals surface area contributed by atoms with Crippen LogP contribution in [0.4, 0.5) is 0 Å². The van der Waals surface area contributed by atoms with Gasteiger partial charge in [0.2, 0.25) is 0 Å². The molecule has 4 heteroatoms. The maximum absolute atomic E-state index is 11.3. The van der Waals surface area contributed by atoms with Crippen molar-refractivity contribution in [1.82, 2.24) is 0 Å². The van der Waals surface area contributed by atoms with E-state index in [-0.39, 0.29) is 11.2 Å². The molecule has 0 aliphatic carbocycles. The molecule has 3 nitrogen and oxygen atoms in total. The molecule has 18 heavy (non-hydrogen) atoms. The third kappa shape index (κ3) is 5.45. The number of thioether (sulfide) groups is 1. The minimum absolute atomic E-state index is 0.118. The third-order valence-corrected chi connectivity index (χ3v) is 3.69. The number of carbonyl (C=O) groups is 1. The van der Waals surface area contributed by atoms with E-state index in [9.17, 15) is 4.79 Å². The van der Waals surface area contributed by atoms with Crippen LogP contribution in [0.5, 0.6) is 5.75 Å². The van der Waals surface area contributed by atoms with E-state index in [1.807, 2.05) is 38.1 Å². The van der Waals surface area contributed by atoms with Crippen LogP contribution in [0, 0.1) is 0 Å². The normalized spacial score (nSPS) is 11.9. The second-order valence-corrected chi connectivity index (χ2v) is 5.41. The molecule has 0 radical (unpaired) electrons. The Balaban J connectivity index is 2.32. The third-order valence-electron chi connectivity index (χ3n) is 2.45. The SMILES string of the molecule is CCOC(=O)CC(C)SCc1ccc(OC)cc1. The van der Waals surface area contributed by atoms with E-state index in [0.29, 0.717) is 13.0 Å². The molecule has 100 valence electrons. The summed E-state index contributed by atoms with van der Waals surface area (Å²) in [6.45, 7) is 4.33. The van der Waals surface area contributed by atoms with Gasteiger partial charge in [0, 0.05) is 11.0 Å². The minimum atomic E-state index is -0.118. The van der Waals surface area contributed by atoms with E-state index in [4.69, 9.17) is 9.47 Å². The maximum Gasteiger partial charge on any atom is 0.306 e. The van der Waals surface area contributed by atoms with E-state index in [1.54, 1.807) is 18.9 Å². The largest absolute Gasteiger partial charge is 0.497 e. The van der Waals surface area contributed by atoms with Crippen molar-refractivity contribution in [1.29, 1.82) is 0 Å². The van der Waals surface area contributed by atoms with Crippen molar-refractivity contribution in [2.45, 2.75) is 31.3 Å². The Labute approximate surface area is 113 Å². The smallest absolute Gasteiger partial charge is 0.306 e. The van der Waals surface area contributed by atoms with Gasteiger partial charge in [-0.25, -0.2) is 0 Å². The summed E-state index contributed by atoms with van der Waals surface area (Å²) in [6, 6.07) is 7.99. The molecule has 1 rings (SSSR count). The van der Waals surface area contributed by atoms with Crippen LogP contribution >= 0.6 is 11.8 Å². The zero-order valence-electron chi connectivity index (χ0n) is 11.1. The molecule has 0 aliphatic rings. The standard InChI is InChI=1S/C14H20O3S/c1-4-17-14(15)9-11(2)18-10-12-5-7-13(16-3)8-6-12/h5-8,11H,4,9-10H2,1-3H3. The van der Waals surface area contributed by atoms with Gasteiger partial charge in [0.1, 0.15) is 5.75 Å². The fraction of sp³-hybridized carbons (Fsp3) is 0.500. The number of carbonyl (C=O) groups excluding carboxylic acids is 1. The first kappa shape index (κ1) is 14.9. The highest BCUT2D eigenvalue weighted by atomic mass is 32.2. The summed E-state index contributed by atoms with van der Waals surface area (Å²) >= 11 is 1.76. The molecule has 0 aromatic heterocycles. The Bertz CT molecular complexity index is 362. The van der Waals surface area contributed by atoms with Crippen LogP contribution in [0.15, 0.2) is 24.3 Å². The van der Waals surface area contributed by atoms with E-state index >= 15 is 0 Å². The molecular weight excluding hydrogens is 248 g/mol. The van der Waals surface area contributed by atoms with Gasteiger partial charge >= 0.3 is 5.97 Å². The minimum Gasteiger partial charge on any atom is -0.497 e. The Morgan fingerprint density at radius 1 is 1.33 bits per heavy atom. The zero-order chi connectivity index (χ0) is 13.4. The van der Waals surface area contributed by atoms with Crippen LogP contribution in [0.3, 0.4) is 0 Å². The number of rotatable bonds is 7. The summed E-state index contributed by atoms with van der Waals surface area (Å²) in [6.07, 6.45) is 0.467. The molecule has 0 heterocycles. The van der Waals surface area contributed by atoms with E-state index < -0.39 is 0 Å². The van der Waals surface area contributed by atoms with Crippen molar-refractivity contribution in [3.8, 4) is 5.75 Å². The number of hydrogen-bond donors (Lipinski definition) is 0. The lowest BCUT2D eigenvalue weighted by molar-refractivity contribution is -0.142. The Morgan fingerprint density at radius 2 is 2.00 bits per heavy atom. The average Bonchev–Trinajstić information content (AvgIpc) is 2.37.